The molecule has 2 heteroatoms. The molecule has 1 unspecified atom stereocenters. The normalized spacial score (nSPS) is 20.1. The summed E-state index contributed by atoms with van der Waals surface area (Å²) in [6.45, 7) is 0. The van der Waals surface area contributed by atoms with Crippen molar-refractivity contribution < 1.29 is 0 Å². The van der Waals surface area contributed by atoms with Crippen LogP contribution in [0.2, 0.25) is 0 Å². The molecule has 0 nitrogen and oxygen atoms in total. The van der Waals surface area contributed by atoms with Crippen molar-refractivity contribution in [1.82, 2.24) is 0 Å². The van der Waals surface area contributed by atoms with Crippen LogP contribution in [0.4, 0.5) is 0 Å². The van der Waals surface area contributed by atoms with Gasteiger partial charge < -0.3 is 0 Å². The Hall–Kier alpha value is -0.0100. The summed E-state index contributed by atoms with van der Waals surface area (Å²) in [6, 6.07) is 4.20. The molecular weight excluding hydrogens is 176 g/mol. The maximum Gasteiger partial charge on any atom is 0.0681 e. The Bertz CT molecular complexity index is 213. The standard InChI is InChI=1S/C9H11ClS/c10-8(6-7-3-4-7)9-2-1-5-11-9/h1-2,5,7-8H,3-4,6H2. The van der Waals surface area contributed by atoms with Gasteiger partial charge in [-0.1, -0.05) is 18.9 Å². The fraction of sp³-hybridized carbons (Fsp3) is 0.556. The molecule has 0 saturated heterocycles. The molecule has 1 saturated carbocycles. The zero-order valence-corrected chi connectivity index (χ0v) is 7.87. The molecule has 0 bridgehead atoms. The number of alkyl halides is 1. The zero-order valence-electron chi connectivity index (χ0n) is 6.29. The minimum Gasteiger partial charge on any atom is -0.147 e. The van der Waals surface area contributed by atoms with E-state index in [1.165, 1.54) is 24.1 Å². The van der Waals surface area contributed by atoms with Gasteiger partial charge in [0.2, 0.25) is 0 Å². The second kappa shape index (κ2) is 3.16. The van der Waals surface area contributed by atoms with Gasteiger partial charge in [0.15, 0.2) is 0 Å². The van der Waals surface area contributed by atoms with Crippen molar-refractivity contribution in [3.05, 3.63) is 22.4 Å². The van der Waals surface area contributed by atoms with E-state index in [0.29, 0.717) is 0 Å². The van der Waals surface area contributed by atoms with Crippen LogP contribution in [-0.4, -0.2) is 0 Å². The SMILES string of the molecule is ClC(CC1CC1)c1cccs1. The van der Waals surface area contributed by atoms with Gasteiger partial charge in [-0.3, -0.25) is 0 Å². The molecule has 60 valence electrons. The van der Waals surface area contributed by atoms with Gasteiger partial charge in [-0.25, -0.2) is 0 Å². The van der Waals surface area contributed by atoms with Gasteiger partial charge in [0, 0.05) is 4.88 Å². The first kappa shape index (κ1) is 7.63. The third-order valence-corrected chi connectivity index (χ3v) is 3.62. The summed E-state index contributed by atoms with van der Waals surface area (Å²) in [5, 5.41) is 2.37. The summed E-state index contributed by atoms with van der Waals surface area (Å²) >= 11 is 7.96. The fourth-order valence-corrected chi connectivity index (χ4v) is 2.43. The lowest BCUT2D eigenvalue weighted by molar-refractivity contribution is 0.713. The van der Waals surface area contributed by atoms with Crippen LogP contribution in [0, 0.1) is 5.92 Å². The van der Waals surface area contributed by atoms with Gasteiger partial charge in [0.25, 0.3) is 0 Å². The minimum atomic E-state index is 0.280. The molecule has 2 rings (SSSR count). The molecule has 1 fully saturated rings. The summed E-state index contributed by atoms with van der Waals surface area (Å²) in [7, 11) is 0. The van der Waals surface area contributed by atoms with Gasteiger partial charge >= 0.3 is 0 Å². The molecule has 1 aliphatic rings. The molecule has 0 radical (unpaired) electrons. The maximum absolute atomic E-state index is 6.19. The summed E-state index contributed by atoms with van der Waals surface area (Å²) in [5.74, 6) is 0.930. The third kappa shape index (κ3) is 1.97. The van der Waals surface area contributed by atoms with E-state index in [9.17, 15) is 0 Å². The van der Waals surface area contributed by atoms with E-state index in [1.807, 2.05) is 0 Å². The van der Waals surface area contributed by atoms with Crippen LogP contribution in [0.25, 0.3) is 0 Å². The molecule has 0 N–H and O–H groups in total. The van der Waals surface area contributed by atoms with E-state index in [0.717, 1.165) is 5.92 Å². The molecule has 0 amide bonds. The quantitative estimate of drug-likeness (QED) is 0.630. The lowest BCUT2D eigenvalue weighted by Gasteiger charge is -2.03. The van der Waals surface area contributed by atoms with Crippen LogP contribution in [-0.2, 0) is 0 Å². The van der Waals surface area contributed by atoms with E-state index in [4.69, 9.17) is 11.6 Å². The minimum absolute atomic E-state index is 0.280. The average molecular weight is 187 g/mol. The van der Waals surface area contributed by atoms with Gasteiger partial charge in [0.05, 0.1) is 5.38 Å². The first-order valence-electron chi connectivity index (χ1n) is 4.04. The van der Waals surface area contributed by atoms with Crippen molar-refractivity contribution in [2.75, 3.05) is 0 Å². The second-order valence-corrected chi connectivity index (χ2v) is 4.67. The molecule has 11 heavy (non-hydrogen) atoms. The maximum atomic E-state index is 6.19. The van der Waals surface area contributed by atoms with E-state index in [-0.39, 0.29) is 5.38 Å². The fourth-order valence-electron chi connectivity index (χ4n) is 1.23. The largest absolute Gasteiger partial charge is 0.147 e. The van der Waals surface area contributed by atoms with Crippen LogP contribution in [0.5, 0.6) is 0 Å². The Labute approximate surface area is 76.2 Å². The number of hydrogen-bond donors (Lipinski definition) is 0. The highest BCUT2D eigenvalue weighted by Crippen LogP contribution is 2.41. The predicted molar refractivity (Wildman–Crippen MR) is 50.3 cm³/mol. The first-order valence-corrected chi connectivity index (χ1v) is 5.35. The van der Waals surface area contributed by atoms with Crippen molar-refractivity contribution in [1.29, 1.82) is 0 Å². The summed E-state index contributed by atoms with van der Waals surface area (Å²) in [6.07, 6.45) is 3.98. The Morgan fingerprint density at radius 3 is 3.00 bits per heavy atom. The van der Waals surface area contributed by atoms with E-state index in [1.54, 1.807) is 11.3 Å². The number of halogens is 1. The number of hydrogen-bond acceptors (Lipinski definition) is 1. The molecule has 1 atom stereocenters. The molecule has 0 spiro atoms. The molecule has 1 aliphatic carbocycles. The topological polar surface area (TPSA) is 0 Å². The van der Waals surface area contributed by atoms with Crippen LogP contribution in [0.1, 0.15) is 29.5 Å². The van der Waals surface area contributed by atoms with Crippen molar-refractivity contribution in [2.45, 2.75) is 24.6 Å². The Morgan fingerprint density at radius 1 is 1.64 bits per heavy atom. The molecule has 1 heterocycles. The van der Waals surface area contributed by atoms with Crippen LogP contribution >= 0.6 is 22.9 Å². The van der Waals surface area contributed by atoms with Crippen LogP contribution < -0.4 is 0 Å². The van der Waals surface area contributed by atoms with Gasteiger partial charge in [-0.05, 0) is 23.8 Å². The van der Waals surface area contributed by atoms with Gasteiger partial charge in [-0.2, -0.15) is 0 Å². The molecule has 0 aromatic carbocycles. The van der Waals surface area contributed by atoms with Crippen molar-refractivity contribution >= 4 is 22.9 Å². The molecule has 1 aromatic rings. The lowest BCUT2D eigenvalue weighted by atomic mass is 10.2. The van der Waals surface area contributed by atoms with Crippen molar-refractivity contribution in [3.63, 3.8) is 0 Å². The van der Waals surface area contributed by atoms with Crippen LogP contribution in [0.3, 0.4) is 0 Å². The van der Waals surface area contributed by atoms with E-state index < -0.39 is 0 Å². The third-order valence-electron chi connectivity index (χ3n) is 2.09. The van der Waals surface area contributed by atoms with Crippen molar-refractivity contribution in [3.8, 4) is 0 Å². The number of thiophene rings is 1. The predicted octanol–water partition coefficient (Wildman–Crippen LogP) is 3.83. The van der Waals surface area contributed by atoms with Crippen molar-refractivity contribution in [2.24, 2.45) is 5.92 Å². The van der Waals surface area contributed by atoms with E-state index >= 15 is 0 Å². The number of rotatable bonds is 3. The summed E-state index contributed by atoms with van der Waals surface area (Å²) < 4.78 is 0. The highest BCUT2D eigenvalue weighted by atomic mass is 35.5. The second-order valence-electron chi connectivity index (χ2n) is 3.16. The monoisotopic (exact) mass is 186 g/mol. The summed E-state index contributed by atoms with van der Waals surface area (Å²) in [4.78, 5) is 1.33. The smallest absolute Gasteiger partial charge is 0.0681 e. The Kier molecular flexibility index (Phi) is 2.19. The Balaban J connectivity index is 1.93. The van der Waals surface area contributed by atoms with Gasteiger partial charge in [-0.15, -0.1) is 22.9 Å². The van der Waals surface area contributed by atoms with E-state index in [2.05, 4.69) is 17.5 Å². The highest BCUT2D eigenvalue weighted by molar-refractivity contribution is 7.10. The average Bonchev–Trinajstić information content (AvgIpc) is 2.67. The lowest BCUT2D eigenvalue weighted by Crippen LogP contribution is -1.87. The highest BCUT2D eigenvalue weighted by Gasteiger charge is 2.25. The summed E-state index contributed by atoms with van der Waals surface area (Å²) in [5.41, 5.74) is 0. The van der Waals surface area contributed by atoms with Gasteiger partial charge in [0.1, 0.15) is 0 Å². The molecule has 0 aliphatic heterocycles. The van der Waals surface area contributed by atoms with Crippen LogP contribution in [0.15, 0.2) is 17.5 Å². The molecular formula is C9H11ClS. The molecule has 1 aromatic heterocycles. The Morgan fingerprint density at radius 2 is 2.45 bits per heavy atom. The zero-order chi connectivity index (χ0) is 7.68. The first-order chi connectivity index (χ1) is 5.36.